The van der Waals surface area contributed by atoms with Crippen LogP contribution >= 0.6 is 34.0 Å². The first-order valence-electron chi connectivity index (χ1n) is 2.38. The van der Waals surface area contributed by atoms with Gasteiger partial charge in [-0.25, -0.2) is 0 Å². The quantitative estimate of drug-likeness (QED) is 0.545. The summed E-state index contributed by atoms with van der Waals surface area (Å²) >= 11 is 0. The van der Waals surface area contributed by atoms with Gasteiger partial charge in [-0.3, -0.25) is 0 Å². The molecule has 94 valence electrons. The maximum Gasteiger partial charge on any atom is 0.0991 e. The second-order valence-corrected chi connectivity index (χ2v) is 1.48. The lowest BCUT2D eigenvalue weighted by Gasteiger charge is -1.80. The molecule has 1 aromatic carbocycles. The average molecular weight is 355 g/mol. The minimum Gasteiger partial charge on any atom is -0.412 e. The number of nitrogens with zero attached hydrogens (tertiary/aromatic N) is 1. The number of halogens is 2. The molecule has 0 atom stereocenters. The molecule has 1 rings (SSSR count). The van der Waals surface area contributed by atoms with Crippen LogP contribution in [0.4, 0.5) is 0 Å². The summed E-state index contributed by atoms with van der Waals surface area (Å²) in [5.41, 5.74) is 0.715. The van der Waals surface area contributed by atoms with Crippen molar-refractivity contribution in [3.63, 3.8) is 0 Å². The molecule has 1 aromatic rings. The van der Waals surface area contributed by atoms with Crippen LogP contribution < -0.4 is 0 Å². The molecular formula is C7H17Br2NO5. The highest BCUT2D eigenvalue weighted by atomic mass is 79.9. The summed E-state index contributed by atoms with van der Waals surface area (Å²) in [6.45, 7) is 0. The van der Waals surface area contributed by atoms with Crippen LogP contribution in [0.5, 0.6) is 0 Å². The van der Waals surface area contributed by atoms with Crippen LogP contribution in [0.25, 0.3) is 0 Å². The zero-order valence-electron chi connectivity index (χ0n) is 7.65. The van der Waals surface area contributed by atoms with Crippen molar-refractivity contribution in [3.8, 4) is 6.07 Å². The van der Waals surface area contributed by atoms with Crippen LogP contribution in [0.2, 0.25) is 0 Å². The van der Waals surface area contributed by atoms with Crippen LogP contribution in [0.3, 0.4) is 0 Å². The fourth-order valence-electron chi connectivity index (χ4n) is 0.513. The Morgan fingerprint density at radius 3 is 1.27 bits per heavy atom. The van der Waals surface area contributed by atoms with E-state index in [4.69, 9.17) is 5.26 Å². The Bertz CT molecular complexity index is 216. The van der Waals surface area contributed by atoms with E-state index in [1.165, 1.54) is 0 Å². The van der Waals surface area contributed by atoms with Gasteiger partial charge in [-0.1, -0.05) is 18.2 Å². The SMILES string of the molecule is Br.Br.N#Cc1ccccc1.O.O.O.O.O. The van der Waals surface area contributed by atoms with Gasteiger partial charge in [0, 0.05) is 0 Å². The van der Waals surface area contributed by atoms with Gasteiger partial charge in [0.15, 0.2) is 0 Å². The summed E-state index contributed by atoms with van der Waals surface area (Å²) in [6, 6.07) is 11.2. The first-order chi connectivity index (χ1) is 3.93. The Labute approximate surface area is 109 Å². The third-order valence-corrected chi connectivity index (χ3v) is 0.903. The van der Waals surface area contributed by atoms with Gasteiger partial charge in [0.05, 0.1) is 11.6 Å². The van der Waals surface area contributed by atoms with E-state index in [0.717, 1.165) is 0 Å². The van der Waals surface area contributed by atoms with Crippen molar-refractivity contribution in [3.05, 3.63) is 35.9 Å². The van der Waals surface area contributed by atoms with Crippen molar-refractivity contribution in [1.29, 1.82) is 5.26 Å². The van der Waals surface area contributed by atoms with Gasteiger partial charge in [0.25, 0.3) is 0 Å². The van der Waals surface area contributed by atoms with E-state index >= 15 is 0 Å². The molecule has 0 saturated carbocycles. The fourth-order valence-corrected chi connectivity index (χ4v) is 0.513. The summed E-state index contributed by atoms with van der Waals surface area (Å²) in [7, 11) is 0. The highest BCUT2D eigenvalue weighted by Gasteiger charge is 1.79. The van der Waals surface area contributed by atoms with Crippen molar-refractivity contribution < 1.29 is 27.4 Å². The molecule has 0 aliphatic rings. The van der Waals surface area contributed by atoms with Crippen molar-refractivity contribution in [2.24, 2.45) is 0 Å². The number of hydrogen-bond acceptors (Lipinski definition) is 1. The lowest BCUT2D eigenvalue weighted by Crippen LogP contribution is -1.66. The Hall–Kier alpha value is -0.530. The minimum absolute atomic E-state index is 0. The lowest BCUT2D eigenvalue weighted by atomic mass is 10.2. The number of rotatable bonds is 0. The highest BCUT2D eigenvalue weighted by Crippen LogP contribution is 1.92. The molecule has 0 saturated heterocycles. The maximum atomic E-state index is 8.29. The Morgan fingerprint density at radius 2 is 1.07 bits per heavy atom. The second-order valence-electron chi connectivity index (χ2n) is 1.48. The molecule has 10 N–H and O–H groups in total. The maximum absolute atomic E-state index is 8.29. The predicted molar refractivity (Wildman–Crippen MR) is 69.9 cm³/mol. The fraction of sp³-hybridized carbons (Fsp3) is 0. The smallest absolute Gasteiger partial charge is 0.0991 e. The predicted octanol–water partition coefficient (Wildman–Crippen LogP) is -1.41. The van der Waals surface area contributed by atoms with Gasteiger partial charge in [-0.15, -0.1) is 34.0 Å². The number of nitriles is 1. The molecule has 0 aromatic heterocycles. The monoisotopic (exact) mass is 353 g/mol. The molecule has 0 amide bonds. The van der Waals surface area contributed by atoms with Gasteiger partial charge in [0.2, 0.25) is 0 Å². The summed E-state index contributed by atoms with van der Waals surface area (Å²) in [4.78, 5) is 0. The number of hydrogen-bond donors (Lipinski definition) is 0. The minimum atomic E-state index is 0. The molecule has 0 aliphatic heterocycles. The number of benzene rings is 1. The molecule has 8 heteroatoms. The first-order valence-corrected chi connectivity index (χ1v) is 2.38. The molecule has 6 nitrogen and oxygen atoms in total. The Balaban J connectivity index is -0.0000000183. The van der Waals surface area contributed by atoms with E-state index < -0.39 is 0 Å². The van der Waals surface area contributed by atoms with Crippen LogP contribution in [-0.4, -0.2) is 27.4 Å². The van der Waals surface area contributed by atoms with Crippen LogP contribution in [0, 0.1) is 11.3 Å². The summed E-state index contributed by atoms with van der Waals surface area (Å²) in [6.07, 6.45) is 0. The summed E-state index contributed by atoms with van der Waals surface area (Å²) < 4.78 is 0. The van der Waals surface area contributed by atoms with Crippen molar-refractivity contribution >= 4 is 34.0 Å². The second kappa shape index (κ2) is 29.2. The van der Waals surface area contributed by atoms with Crippen LogP contribution in [-0.2, 0) is 0 Å². The van der Waals surface area contributed by atoms with Gasteiger partial charge < -0.3 is 27.4 Å². The normalized spacial score (nSPS) is 4.20. The molecule has 0 fully saturated rings. The molecule has 0 bridgehead atoms. The third kappa shape index (κ3) is 19.8. The molecule has 15 heavy (non-hydrogen) atoms. The topological polar surface area (TPSA) is 181 Å². The molecule has 0 aliphatic carbocycles. The molecule has 0 radical (unpaired) electrons. The van der Waals surface area contributed by atoms with E-state index in [9.17, 15) is 0 Å². The Morgan fingerprint density at radius 1 is 0.733 bits per heavy atom. The van der Waals surface area contributed by atoms with Crippen molar-refractivity contribution in [2.75, 3.05) is 0 Å². The lowest BCUT2D eigenvalue weighted by molar-refractivity contribution is 0.823. The molecular weight excluding hydrogens is 338 g/mol. The zero-order valence-corrected chi connectivity index (χ0v) is 11.1. The standard InChI is InChI=1S/C7H5N.2BrH.5H2O/c8-6-7-4-2-1-3-5-7;;;;;;;/h1-5H;2*1H;5*1H2. The summed E-state index contributed by atoms with van der Waals surface area (Å²) in [5.74, 6) is 0. The van der Waals surface area contributed by atoms with E-state index in [0.29, 0.717) is 5.56 Å². The van der Waals surface area contributed by atoms with Crippen LogP contribution in [0.15, 0.2) is 30.3 Å². The molecule has 0 spiro atoms. The Kier molecular flexibility index (Phi) is 91.6. The average Bonchev–Trinajstić information content (AvgIpc) is 1.90. The van der Waals surface area contributed by atoms with Crippen molar-refractivity contribution in [1.82, 2.24) is 0 Å². The van der Waals surface area contributed by atoms with Gasteiger partial charge >= 0.3 is 0 Å². The molecule has 0 heterocycles. The largest absolute Gasteiger partial charge is 0.412 e. The van der Waals surface area contributed by atoms with Gasteiger partial charge in [-0.05, 0) is 12.1 Å². The van der Waals surface area contributed by atoms with E-state index in [2.05, 4.69) is 0 Å². The zero-order chi connectivity index (χ0) is 5.82. The highest BCUT2D eigenvalue weighted by molar-refractivity contribution is 8.93. The van der Waals surface area contributed by atoms with Crippen molar-refractivity contribution in [2.45, 2.75) is 0 Å². The third-order valence-electron chi connectivity index (χ3n) is 0.903. The van der Waals surface area contributed by atoms with E-state index in [1.54, 1.807) is 12.1 Å². The first kappa shape index (κ1) is 47.1. The van der Waals surface area contributed by atoms with Gasteiger partial charge in [-0.2, -0.15) is 5.26 Å². The van der Waals surface area contributed by atoms with E-state index in [1.807, 2.05) is 24.3 Å². The van der Waals surface area contributed by atoms with Gasteiger partial charge in [0.1, 0.15) is 0 Å². The molecule has 0 unspecified atom stereocenters. The van der Waals surface area contributed by atoms with Crippen LogP contribution in [0.1, 0.15) is 5.56 Å². The van der Waals surface area contributed by atoms with E-state index in [-0.39, 0.29) is 61.3 Å². The summed E-state index contributed by atoms with van der Waals surface area (Å²) in [5, 5.41) is 8.29.